The summed E-state index contributed by atoms with van der Waals surface area (Å²) in [6.07, 6.45) is 0. The third-order valence-corrected chi connectivity index (χ3v) is 2.95. The van der Waals surface area contributed by atoms with E-state index < -0.39 is 0 Å². The van der Waals surface area contributed by atoms with E-state index in [1.807, 2.05) is 20.8 Å². The minimum absolute atomic E-state index is 0.155. The van der Waals surface area contributed by atoms with Crippen LogP contribution >= 0.6 is 0 Å². The van der Waals surface area contributed by atoms with Crippen molar-refractivity contribution in [3.05, 3.63) is 47.5 Å². The van der Waals surface area contributed by atoms with Gasteiger partial charge in [-0.25, -0.2) is 0 Å². The van der Waals surface area contributed by atoms with Crippen molar-refractivity contribution in [3.8, 4) is 23.0 Å². The predicted octanol–water partition coefficient (Wildman–Crippen LogP) is 3.80. The third-order valence-electron chi connectivity index (χ3n) is 2.95. The Morgan fingerprint density at radius 1 is 0.762 bits per heavy atom. The summed E-state index contributed by atoms with van der Waals surface area (Å²) in [6.45, 7) is 7.57. The van der Waals surface area contributed by atoms with E-state index >= 15 is 0 Å². The monoisotopic (exact) mass is 290 g/mol. The van der Waals surface area contributed by atoms with E-state index in [1.165, 1.54) is 18.2 Å². The van der Waals surface area contributed by atoms with Gasteiger partial charge in [-0.3, -0.25) is 0 Å². The van der Waals surface area contributed by atoms with Crippen LogP contribution in [0.4, 0.5) is 0 Å². The van der Waals surface area contributed by atoms with E-state index in [0.29, 0.717) is 11.1 Å². The first-order valence-electron chi connectivity index (χ1n) is 6.63. The van der Waals surface area contributed by atoms with Crippen molar-refractivity contribution in [1.82, 2.24) is 0 Å². The summed E-state index contributed by atoms with van der Waals surface area (Å²) in [6, 6.07) is 9.21. The fraction of sp³-hybridized carbons (Fsp3) is 0.294. The van der Waals surface area contributed by atoms with Crippen molar-refractivity contribution in [2.24, 2.45) is 0 Å². The van der Waals surface area contributed by atoms with Crippen LogP contribution in [-0.4, -0.2) is 20.4 Å². The molecule has 4 heteroatoms. The highest BCUT2D eigenvalue weighted by Gasteiger charge is 2.21. The van der Waals surface area contributed by atoms with Gasteiger partial charge in [0.1, 0.15) is 23.0 Å². The van der Waals surface area contributed by atoms with Crippen LogP contribution in [0.5, 0.6) is 23.0 Å². The molecular formula is C17H22O4. The SMILES string of the molecule is CC(C)(C)c1c(O)cccc1O.Cc1cc(O)ccc1O. The number of rotatable bonds is 0. The Morgan fingerprint density at radius 3 is 1.62 bits per heavy atom. The molecule has 0 aromatic heterocycles. The van der Waals surface area contributed by atoms with Crippen molar-refractivity contribution in [2.45, 2.75) is 33.1 Å². The molecule has 0 aliphatic rings. The van der Waals surface area contributed by atoms with E-state index in [4.69, 9.17) is 10.2 Å². The highest BCUT2D eigenvalue weighted by Crippen LogP contribution is 2.36. The molecule has 114 valence electrons. The molecule has 0 unspecified atom stereocenters. The third kappa shape index (κ3) is 4.60. The Balaban J connectivity index is 0.000000219. The van der Waals surface area contributed by atoms with Gasteiger partial charge in [0.05, 0.1) is 0 Å². The molecule has 21 heavy (non-hydrogen) atoms. The number of phenols is 4. The first-order valence-corrected chi connectivity index (χ1v) is 6.63. The minimum Gasteiger partial charge on any atom is -0.508 e. The predicted molar refractivity (Wildman–Crippen MR) is 83.0 cm³/mol. The van der Waals surface area contributed by atoms with Crippen molar-refractivity contribution in [3.63, 3.8) is 0 Å². The molecular weight excluding hydrogens is 268 g/mol. The molecule has 0 atom stereocenters. The fourth-order valence-electron chi connectivity index (χ4n) is 1.94. The number of aryl methyl sites for hydroxylation is 1. The zero-order valence-electron chi connectivity index (χ0n) is 12.8. The average molecular weight is 290 g/mol. The van der Waals surface area contributed by atoms with E-state index in [-0.39, 0.29) is 28.4 Å². The molecule has 0 aliphatic carbocycles. The Morgan fingerprint density at radius 2 is 1.29 bits per heavy atom. The first-order chi connectivity index (χ1) is 9.62. The topological polar surface area (TPSA) is 80.9 Å². The standard InChI is InChI=1S/C10H14O2.C7H8O2/c1-10(2,3)9-7(11)5-4-6-8(9)12;1-5-4-6(8)2-3-7(5)9/h4-6,11-12H,1-3H3;2-4,8-9H,1H3. The Hall–Kier alpha value is -2.36. The second-order valence-corrected chi connectivity index (χ2v) is 5.89. The molecule has 0 bridgehead atoms. The summed E-state index contributed by atoms with van der Waals surface area (Å²) in [5, 5.41) is 36.7. The molecule has 4 nitrogen and oxygen atoms in total. The number of hydrogen-bond donors (Lipinski definition) is 4. The average Bonchev–Trinajstić information content (AvgIpc) is 2.33. The van der Waals surface area contributed by atoms with Crippen molar-refractivity contribution < 1.29 is 20.4 Å². The Labute approximate surface area is 124 Å². The van der Waals surface area contributed by atoms with Gasteiger partial charge in [0.2, 0.25) is 0 Å². The number of phenolic OH excluding ortho intramolecular Hbond substituents is 4. The molecule has 0 aliphatic heterocycles. The van der Waals surface area contributed by atoms with Crippen LogP contribution in [0, 0.1) is 6.92 Å². The second-order valence-electron chi connectivity index (χ2n) is 5.89. The van der Waals surface area contributed by atoms with Gasteiger partial charge >= 0.3 is 0 Å². The largest absolute Gasteiger partial charge is 0.508 e. The maximum absolute atomic E-state index is 9.47. The van der Waals surface area contributed by atoms with E-state index in [9.17, 15) is 10.2 Å². The lowest BCUT2D eigenvalue weighted by molar-refractivity contribution is 0.410. The Kier molecular flexibility index (Phi) is 5.08. The van der Waals surface area contributed by atoms with Crippen LogP contribution in [-0.2, 0) is 5.41 Å². The van der Waals surface area contributed by atoms with E-state index in [1.54, 1.807) is 25.1 Å². The van der Waals surface area contributed by atoms with Gasteiger partial charge in [-0.15, -0.1) is 0 Å². The van der Waals surface area contributed by atoms with Gasteiger partial charge in [-0.1, -0.05) is 26.8 Å². The quantitative estimate of drug-likeness (QED) is 0.556. The Bertz CT molecular complexity index is 592. The lowest BCUT2D eigenvalue weighted by Crippen LogP contribution is -2.11. The maximum atomic E-state index is 9.47. The van der Waals surface area contributed by atoms with E-state index in [2.05, 4.69) is 0 Å². The van der Waals surface area contributed by atoms with Crippen LogP contribution in [0.25, 0.3) is 0 Å². The summed E-state index contributed by atoms with van der Waals surface area (Å²) in [5.41, 5.74) is 1.06. The van der Waals surface area contributed by atoms with Crippen molar-refractivity contribution >= 4 is 0 Å². The van der Waals surface area contributed by atoms with Gasteiger partial charge in [0, 0.05) is 5.56 Å². The molecule has 0 heterocycles. The molecule has 0 amide bonds. The molecule has 0 radical (unpaired) electrons. The summed E-state index contributed by atoms with van der Waals surface area (Å²) >= 11 is 0. The molecule has 4 N–H and O–H groups in total. The number of benzene rings is 2. The summed E-state index contributed by atoms with van der Waals surface area (Å²) in [4.78, 5) is 0. The zero-order chi connectivity index (χ0) is 16.2. The molecule has 2 rings (SSSR count). The van der Waals surface area contributed by atoms with Gasteiger partial charge in [-0.05, 0) is 48.2 Å². The number of hydrogen-bond acceptors (Lipinski definition) is 4. The van der Waals surface area contributed by atoms with Crippen molar-refractivity contribution in [2.75, 3.05) is 0 Å². The summed E-state index contributed by atoms with van der Waals surface area (Å²) in [5.74, 6) is 0.711. The van der Waals surface area contributed by atoms with Crippen LogP contribution in [0.15, 0.2) is 36.4 Å². The highest BCUT2D eigenvalue weighted by molar-refractivity contribution is 5.47. The highest BCUT2D eigenvalue weighted by atomic mass is 16.3. The number of aromatic hydroxyl groups is 4. The van der Waals surface area contributed by atoms with Crippen LogP contribution in [0.3, 0.4) is 0 Å². The van der Waals surface area contributed by atoms with Gasteiger partial charge in [0.15, 0.2) is 0 Å². The summed E-state index contributed by atoms with van der Waals surface area (Å²) in [7, 11) is 0. The van der Waals surface area contributed by atoms with Gasteiger partial charge in [0.25, 0.3) is 0 Å². The normalized spacial score (nSPS) is 10.7. The molecule has 0 fully saturated rings. The smallest absolute Gasteiger partial charge is 0.123 e. The van der Waals surface area contributed by atoms with E-state index in [0.717, 1.165) is 0 Å². The van der Waals surface area contributed by atoms with Gasteiger partial charge < -0.3 is 20.4 Å². The zero-order valence-corrected chi connectivity index (χ0v) is 12.8. The molecule has 0 saturated heterocycles. The van der Waals surface area contributed by atoms with Crippen LogP contribution < -0.4 is 0 Å². The summed E-state index contributed by atoms with van der Waals surface area (Å²) < 4.78 is 0. The van der Waals surface area contributed by atoms with Gasteiger partial charge in [-0.2, -0.15) is 0 Å². The molecule has 0 saturated carbocycles. The van der Waals surface area contributed by atoms with Crippen molar-refractivity contribution in [1.29, 1.82) is 0 Å². The minimum atomic E-state index is -0.227. The molecule has 2 aromatic rings. The molecule has 0 spiro atoms. The lowest BCUT2D eigenvalue weighted by Gasteiger charge is -2.21. The maximum Gasteiger partial charge on any atom is 0.123 e. The van der Waals surface area contributed by atoms with Crippen LogP contribution in [0.2, 0.25) is 0 Å². The fourth-order valence-corrected chi connectivity index (χ4v) is 1.94. The van der Waals surface area contributed by atoms with Crippen LogP contribution in [0.1, 0.15) is 31.9 Å². The first kappa shape index (κ1) is 16.7. The lowest BCUT2D eigenvalue weighted by atomic mass is 9.85. The molecule has 2 aromatic carbocycles. The second kappa shape index (κ2) is 6.39.